The number of hydrogen-bond donors (Lipinski definition) is 1. The third-order valence-corrected chi connectivity index (χ3v) is 2.27. The van der Waals surface area contributed by atoms with Crippen molar-refractivity contribution in [1.82, 2.24) is 10.3 Å². The maximum atomic E-state index is 11.4. The molecule has 1 aromatic rings. The summed E-state index contributed by atoms with van der Waals surface area (Å²) in [4.78, 5) is 25.9. The van der Waals surface area contributed by atoms with E-state index in [-0.39, 0.29) is 12.5 Å². The van der Waals surface area contributed by atoms with Gasteiger partial charge in [0.1, 0.15) is 12.9 Å². The van der Waals surface area contributed by atoms with Crippen molar-refractivity contribution in [3.05, 3.63) is 30.1 Å². The first-order valence-corrected chi connectivity index (χ1v) is 5.41. The zero-order valence-corrected chi connectivity index (χ0v) is 9.92. The highest BCUT2D eigenvalue weighted by atomic mass is 16.5. The molecule has 0 saturated carbocycles. The Morgan fingerprint density at radius 1 is 1.47 bits per heavy atom. The summed E-state index contributed by atoms with van der Waals surface area (Å²) in [6, 6.07) is 3.00. The minimum absolute atomic E-state index is 0.0426. The molecule has 1 amide bonds. The predicted molar refractivity (Wildman–Crippen MR) is 62.2 cm³/mol. The Hall–Kier alpha value is -1.91. The number of pyridine rings is 1. The Kier molecular flexibility index (Phi) is 5.13. The Bertz CT molecular complexity index is 365. The normalized spacial score (nSPS) is 11.9. The van der Waals surface area contributed by atoms with Crippen molar-refractivity contribution in [2.24, 2.45) is 5.92 Å². The van der Waals surface area contributed by atoms with Gasteiger partial charge in [-0.05, 0) is 23.6 Å². The quantitative estimate of drug-likeness (QED) is 0.787. The number of rotatable bonds is 5. The van der Waals surface area contributed by atoms with E-state index in [1.165, 1.54) is 0 Å². The molecule has 1 rings (SSSR count). The molecule has 1 atom stereocenters. The maximum Gasteiger partial charge on any atom is 0.408 e. The minimum atomic E-state index is -0.590. The maximum absolute atomic E-state index is 11.4. The van der Waals surface area contributed by atoms with Crippen molar-refractivity contribution in [2.45, 2.75) is 26.5 Å². The number of nitrogens with zero attached hydrogens (tertiary/aromatic N) is 1. The summed E-state index contributed by atoms with van der Waals surface area (Å²) < 4.78 is 4.97. The van der Waals surface area contributed by atoms with E-state index in [4.69, 9.17) is 4.74 Å². The number of aldehydes is 1. The molecule has 0 fully saturated rings. The monoisotopic (exact) mass is 236 g/mol. The first-order valence-electron chi connectivity index (χ1n) is 5.41. The molecule has 0 unspecified atom stereocenters. The van der Waals surface area contributed by atoms with Crippen LogP contribution in [-0.4, -0.2) is 23.4 Å². The van der Waals surface area contributed by atoms with E-state index in [0.29, 0.717) is 6.29 Å². The van der Waals surface area contributed by atoms with Crippen molar-refractivity contribution in [2.75, 3.05) is 0 Å². The molecule has 5 heteroatoms. The van der Waals surface area contributed by atoms with E-state index < -0.39 is 12.1 Å². The number of carbonyl (C=O) groups excluding carboxylic acids is 2. The van der Waals surface area contributed by atoms with Crippen LogP contribution in [0, 0.1) is 5.92 Å². The van der Waals surface area contributed by atoms with Crippen molar-refractivity contribution >= 4 is 12.4 Å². The Morgan fingerprint density at radius 2 is 2.12 bits per heavy atom. The molecule has 0 aromatic carbocycles. The molecule has 0 aliphatic rings. The van der Waals surface area contributed by atoms with Crippen molar-refractivity contribution < 1.29 is 14.3 Å². The minimum Gasteiger partial charge on any atom is -0.445 e. The van der Waals surface area contributed by atoms with E-state index in [1.54, 1.807) is 24.5 Å². The second-order valence-corrected chi connectivity index (χ2v) is 3.98. The van der Waals surface area contributed by atoms with Gasteiger partial charge in [-0.25, -0.2) is 4.79 Å². The van der Waals surface area contributed by atoms with Crippen LogP contribution in [0.5, 0.6) is 0 Å². The van der Waals surface area contributed by atoms with Gasteiger partial charge in [0, 0.05) is 12.4 Å². The van der Waals surface area contributed by atoms with E-state index in [1.807, 2.05) is 13.8 Å². The average molecular weight is 236 g/mol. The molecule has 1 heterocycles. The number of amides is 1. The second-order valence-electron chi connectivity index (χ2n) is 3.98. The molecule has 0 saturated heterocycles. The van der Waals surface area contributed by atoms with Gasteiger partial charge in [-0.1, -0.05) is 13.8 Å². The van der Waals surface area contributed by atoms with Crippen LogP contribution in [-0.2, 0) is 16.1 Å². The molecular formula is C12H16N2O3. The molecule has 0 bridgehead atoms. The standard InChI is InChI=1S/C12H16N2O3/c1-9(2)11(7-15)14-12(16)17-8-10-3-5-13-6-4-10/h3-7,9,11H,8H2,1-2H3,(H,14,16)/t11-/m1/s1. The van der Waals surface area contributed by atoms with Gasteiger partial charge in [-0.2, -0.15) is 0 Å². The number of aromatic nitrogens is 1. The summed E-state index contributed by atoms with van der Waals surface area (Å²) in [6.07, 6.45) is 3.36. The molecule has 0 radical (unpaired) electrons. The number of nitrogens with one attached hydrogen (secondary N) is 1. The van der Waals surface area contributed by atoms with Gasteiger partial charge in [0.15, 0.2) is 0 Å². The van der Waals surface area contributed by atoms with Crippen molar-refractivity contribution in [3.8, 4) is 0 Å². The number of alkyl carbamates (subject to hydrolysis) is 1. The summed E-state index contributed by atoms with van der Waals surface area (Å²) in [5.41, 5.74) is 0.849. The van der Waals surface area contributed by atoms with Gasteiger partial charge in [0.2, 0.25) is 0 Å². The number of hydrogen-bond acceptors (Lipinski definition) is 4. The summed E-state index contributed by atoms with van der Waals surface area (Å²) >= 11 is 0. The first kappa shape index (κ1) is 13.2. The average Bonchev–Trinajstić information content (AvgIpc) is 2.34. The zero-order valence-electron chi connectivity index (χ0n) is 9.92. The summed E-state index contributed by atoms with van der Waals surface area (Å²) in [6.45, 7) is 3.86. The smallest absolute Gasteiger partial charge is 0.408 e. The first-order chi connectivity index (χ1) is 8.13. The number of ether oxygens (including phenoxy) is 1. The third-order valence-electron chi connectivity index (χ3n) is 2.27. The van der Waals surface area contributed by atoms with Gasteiger partial charge in [0.05, 0.1) is 6.04 Å². The van der Waals surface area contributed by atoms with Crippen LogP contribution in [0.3, 0.4) is 0 Å². The molecule has 1 aromatic heterocycles. The summed E-state index contributed by atoms with van der Waals surface area (Å²) in [7, 11) is 0. The lowest BCUT2D eigenvalue weighted by molar-refractivity contribution is -0.110. The highest BCUT2D eigenvalue weighted by molar-refractivity contribution is 5.73. The number of carbonyl (C=O) groups is 2. The van der Waals surface area contributed by atoms with Gasteiger partial charge >= 0.3 is 6.09 Å². The summed E-state index contributed by atoms with van der Waals surface area (Å²) in [5, 5.41) is 2.49. The predicted octanol–water partition coefficient (Wildman–Crippen LogP) is 1.53. The van der Waals surface area contributed by atoms with Crippen LogP contribution in [0.15, 0.2) is 24.5 Å². The SMILES string of the molecule is CC(C)[C@@H](C=O)NC(=O)OCc1ccncc1. The van der Waals surface area contributed by atoms with Gasteiger partial charge < -0.3 is 14.8 Å². The fourth-order valence-electron chi connectivity index (χ4n) is 1.16. The molecule has 0 aliphatic heterocycles. The van der Waals surface area contributed by atoms with E-state index in [0.717, 1.165) is 5.56 Å². The molecule has 5 nitrogen and oxygen atoms in total. The largest absolute Gasteiger partial charge is 0.445 e. The highest BCUT2D eigenvalue weighted by Crippen LogP contribution is 2.01. The fourth-order valence-corrected chi connectivity index (χ4v) is 1.16. The fraction of sp³-hybridized carbons (Fsp3) is 0.417. The van der Waals surface area contributed by atoms with Crippen LogP contribution in [0.1, 0.15) is 19.4 Å². The van der Waals surface area contributed by atoms with Gasteiger partial charge in [-0.3, -0.25) is 4.98 Å². The third kappa shape index (κ3) is 4.63. The molecule has 0 spiro atoms. The van der Waals surface area contributed by atoms with E-state index >= 15 is 0 Å². The van der Waals surface area contributed by atoms with Gasteiger partial charge in [-0.15, -0.1) is 0 Å². The van der Waals surface area contributed by atoms with E-state index in [2.05, 4.69) is 10.3 Å². The van der Waals surface area contributed by atoms with Crippen LogP contribution in [0.25, 0.3) is 0 Å². The molecule has 0 aliphatic carbocycles. The summed E-state index contributed by atoms with van der Waals surface area (Å²) in [5.74, 6) is 0.0426. The van der Waals surface area contributed by atoms with Crippen LogP contribution < -0.4 is 5.32 Å². The van der Waals surface area contributed by atoms with Crippen LogP contribution >= 0.6 is 0 Å². The lowest BCUT2D eigenvalue weighted by atomic mass is 10.1. The molecule has 1 N–H and O–H groups in total. The highest BCUT2D eigenvalue weighted by Gasteiger charge is 2.15. The van der Waals surface area contributed by atoms with Crippen molar-refractivity contribution in [3.63, 3.8) is 0 Å². The van der Waals surface area contributed by atoms with Crippen LogP contribution in [0.2, 0.25) is 0 Å². The lowest BCUT2D eigenvalue weighted by Crippen LogP contribution is -2.39. The molecular weight excluding hydrogens is 220 g/mol. The molecule has 92 valence electrons. The Balaban J connectivity index is 2.37. The second kappa shape index (κ2) is 6.62. The van der Waals surface area contributed by atoms with Crippen molar-refractivity contribution in [1.29, 1.82) is 0 Å². The van der Waals surface area contributed by atoms with Gasteiger partial charge in [0.25, 0.3) is 0 Å². The zero-order chi connectivity index (χ0) is 12.7. The Labute approximate surface area is 100 Å². The van der Waals surface area contributed by atoms with Crippen LogP contribution in [0.4, 0.5) is 4.79 Å². The topological polar surface area (TPSA) is 68.3 Å². The lowest BCUT2D eigenvalue weighted by Gasteiger charge is -2.15. The Morgan fingerprint density at radius 3 is 2.65 bits per heavy atom. The van der Waals surface area contributed by atoms with E-state index in [9.17, 15) is 9.59 Å². The molecule has 17 heavy (non-hydrogen) atoms.